The Labute approximate surface area is 129 Å². The van der Waals surface area contributed by atoms with Crippen LogP contribution in [0, 0.1) is 0 Å². The Hall–Kier alpha value is -2.86. The van der Waals surface area contributed by atoms with Crippen molar-refractivity contribution in [3.63, 3.8) is 0 Å². The molecule has 6 heteroatoms. The van der Waals surface area contributed by atoms with Crippen LogP contribution in [0.4, 0.5) is 5.69 Å². The van der Waals surface area contributed by atoms with Crippen molar-refractivity contribution >= 4 is 11.4 Å². The van der Waals surface area contributed by atoms with Crippen LogP contribution >= 0.6 is 0 Å². The predicted molar refractivity (Wildman–Crippen MR) is 86.5 cm³/mol. The highest BCUT2D eigenvalue weighted by molar-refractivity contribution is 5.67. The molecule has 0 heterocycles. The zero-order valence-electron chi connectivity index (χ0n) is 12.5. The lowest BCUT2D eigenvalue weighted by atomic mass is 10.1. The molecule has 0 unspecified atom stereocenters. The van der Waals surface area contributed by atoms with Crippen LogP contribution in [0.25, 0.3) is 5.70 Å². The van der Waals surface area contributed by atoms with E-state index in [9.17, 15) is 5.11 Å². The molecule has 0 aliphatic heterocycles. The van der Waals surface area contributed by atoms with Gasteiger partial charge >= 0.3 is 0 Å². The molecule has 0 spiro atoms. The average Bonchev–Trinajstić information content (AvgIpc) is 2.54. The number of hydrogen-bond acceptors (Lipinski definition) is 6. The van der Waals surface area contributed by atoms with Crippen LogP contribution in [0.1, 0.15) is 5.56 Å². The maximum atomic E-state index is 9.29. The number of phenolic OH excluding ortho intramolecular Hbond substituents is 1. The number of ether oxygens (including phenoxy) is 2. The molecule has 0 aliphatic carbocycles. The van der Waals surface area contributed by atoms with Gasteiger partial charge in [0.25, 0.3) is 0 Å². The number of rotatable bonds is 5. The van der Waals surface area contributed by atoms with Crippen molar-refractivity contribution in [2.75, 3.05) is 19.2 Å². The third-order valence-electron chi connectivity index (χ3n) is 3.11. The largest absolute Gasteiger partial charge is 0.508 e. The molecule has 2 aromatic rings. The Morgan fingerprint density at radius 1 is 1.05 bits per heavy atom. The van der Waals surface area contributed by atoms with Crippen molar-refractivity contribution in [1.29, 1.82) is 0 Å². The minimum Gasteiger partial charge on any atom is -0.508 e. The highest BCUT2D eigenvalue weighted by Crippen LogP contribution is 2.28. The Morgan fingerprint density at radius 3 is 2.09 bits per heavy atom. The van der Waals surface area contributed by atoms with Crippen molar-refractivity contribution in [1.82, 2.24) is 0 Å². The Kier molecular flexibility index (Phi) is 4.75. The van der Waals surface area contributed by atoms with Gasteiger partial charge < -0.3 is 20.3 Å². The number of hydrogen-bond donors (Lipinski definition) is 3. The standard InChI is InChI=1S/C16H19N3O3/c1-21-14-7-12(8-15(9-14)22-2)19(18)10-16(17)11-3-5-13(20)6-4-11/h3-10,20H,17-18H2,1-2H3/b16-10-. The van der Waals surface area contributed by atoms with Gasteiger partial charge in [-0.05, 0) is 29.8 Å². The first-order chi connectivity index (χ1) is 10.5. The van der Waals surface area contributed by atoms with Crippen LogP contribution < -0.4 is 26.1 Å². The van der Waals surface area contributed by atoms with Crippen LogP contribution in [-0.4, -0.2) is 19.3 Å². The van der Waals surface area contributed by atoms with Crippen LogP contribution in [0.2, 0.25) is 0 Å². The van der Waals surface area contributed by atoms with Crippen LogP contribution in [0.15, 0.2) is 48.7 Å². The van der Waals surface area contributed by atoms with Gasteiger partial charge in [0.2, 0.25) is 0 Å². The topological polar surface area (TPSA) is 94.0 Å². The highest BCUT2D eigenvalue weighted by atomic mass is 16.5. The summed E-state index contributed by atoms with van der Waals surface area (Å²) in [7, 11) is 3.14. The first kappa shape index (κ1) is 15.5. The highest BCUT2D eigenvalue weighted by Gasteiger charge is 2.06. The summed E-state index contributed by atoms with van der Waals surface area (Å²) in [6.45, 7) is 0. The molecule has 0 aliphatic rings. The zero-order valence-corrected chi connectivity index (χ0v) is 12.5. The van der Waals surface area contributed by atoms with Crippen LogP contribution in [0.3, 0.4) is 0 Å². The predicted octanol–water partition coefficient (Wildman–Crippen LogP) is 2.05. The second-order valence-electron chi connectivity index (χ2n) is 4.61. The average molecular weight is 301 g/mol. The van der Waals surface area contributed by atoms with E-state index in [1.54, 1.807) is 62.9 Å². The van der Waals surface area contributed by atoms with Gasteiger partial charge in [0.1, 0.15) is 17.2 Å². The van der Waals surface area contributed by atoms with E-state index in [1.165, 1.54) is 5.01 Å². The maximum Gasteiger partial charge on any atom is 0.124 e. The van der Waals surface area contributed by atoms with Crippen molar-refractivity contribution in [3.05, 3.63) is 54.2 Å². The minimum atomic E-state index is 0.179. The molecule has 2 aromatic carbocycles. The first-order valence-corrected chi connectivity index (χ1v) is 6.57. The monoisotopic (exact) mass is 301 g/mol. The fraction of sp³-hybridized carbons (Fsp3) is 0.125. The normalized spacial score (nSPS) is 11.1. The van der Waals surface area contributed by atoms with Crippen molar-refractivity contribution in [3.8, 4) is 17.2 Å². The number of anilines is 1. The summed E-state index contributed by atoms with van der Waals surface area (Å²) in [4.78, 5) is 0. The molecule has 0 aromatic heterocycles. The summed E-state index contributed by atoms with van der Waals surface area (Å²) in [5.41, 5.74) is 7.90. The molecule has 0 saturated carbocycles. The minimum absolute atomic E-state index is 0.179. The molecule has 22 heavy (non-hydrogen) atoms. The van der Waals surface area contributed by atoms with E-state index >= 15 is 0 Å². The smallest absolute Gasteiger partial charge is 0.124 e. The van der Waals surface area contributed by atoms with E-state index in [4.69, 9.17) is 21.1 Å². The molecular weight excluding hydrogens is 282 g/mol. The Balaban J connectivity index is 2.29. The van der Waals surface area contributed by atoms with E-state index in [0.29, 0.717) is 22.9 Å². The van der Waals surface area contributed by atoms with Crippen LogP contribution in [0.5, 0.6) is 17.2 Å². The molecule has 5 N–H and O–H groups in total. The molecular formula is C16H19N3O3. The second-order valence-corrected chi connectivity index (χ2v) is 4.61. The lowest BCUT2D eigenvalue weighted by Crippen LogP contribution is -2.25. The molecule has 2 rings (SSSR count). The number of phenols is 1. The number of benzene rings is 2. The molecule has 116 valence electrons. The summed E-state index contributed by atoms with van der Waals surface area (Å²) in [5, 5.41) is 10.7. The number of nitrogens with two attached hydrogens (primary N) is 2. The fourth-order valence-electron chi connectivity index (χ4n) is 1.89. The zero-order chi connectivity index (χ0) is 16.1. The molecule has 0 radical (unpaired) electrons. The SMILES string of the molecule is COc1cc(OC)cc(N(N)/C=C(\N)c2ccc(O)cc2)c1. The third-order valence-corrected chi connectivity index (χ3v) is 3.11. The molecule has 6 nitrogen and oxygen atoms in total. The van der Waals surface area contributed by atoms with E-state index in [1.807, 2.05) is 0 Å². The lowest BCUT2D eigenvalue weighted by Gasteiger charge is -2.17. The number of aromatic hydroxyl groups is 1. The van der Waals surface area contributed by atoms with Gasteiger partial charge in [0.15, 0.2) is 0 Å². The summed E-state index contributed by atoms with van der Waals surface area (Å²) in [5.74, 6) is 7.46. The van der Waals surface area contributed by atoms with Crippen molar-refractivity contribution in [2.24, 2.45) is 11.6 Å². The number of methoxy groups -OCH3 is 2. The van der Waals surface area contributed by atoms with Gasteiger partial charge in [-0.25, -0.2) is 5.84 Å². The first-order valence-electron chi connectivity index (χ1n) is 6.57. The summed E-state index contributed by atoms with van der Waals surface area (Å²) in [6, 6.07) is 11.8. The Morgan fingerprint density at radius 2 is 1.59 bits per heavy atom. The van der Waals surface area contributed by atoms with Gasteiger partial charge in [0, 0.05) is 24.4 Å². The maximum absolute atomic E-state index is 9.29. The van der Waals surface area contributed by atoms with Crippen LogP contribution in [-0.2, 0) is 0 Å². The molecule has 0 amide bonds. The molecule has 0 atom stereocenters. The summed E-state index contributed by atoms with van der Waals surface area (Å²) in [6.07, 6.45) is 1.58. The van der Waals surface area contributed by atoms with Gasteiger partial charge in [0.05, 0.1) is 25.6 Å². The van der Waals surface area contributed by atoms with E-state index in [2.05, 4.69) is 0 Å². The van der Waals surface area contributed by atoms with E-state index < -0.39 is 0 Å². The quantitative estimate of drug-likeness (QED) is 0.578. The van der Waals surface area contributed by atoms with Gasteiger partial charge in [-0.15, -0.1) is 0 Å². The number of nitrogens with zero attached hydrogens (tertiary/aromatic N) is 1. The van der Waals surface area contributed by atoms with Gasteiger partial charge in [-0.2, -0.15) is 0 Å². The Bertz CT molecular complexity index is 647. The van der Waals surface area contributed by atoms with Crippen molar-refractivity contribution in [2.45, 2.75) is 0 Å². The number of hydrazine groups is 1. The van der Waals surface area contributed by atoms with E-state index in [0.717, 1.165) is 5.56 Å². The fourth-order valence-corrected chi connectivity index (χ4v) is 1.89. The molecule has 0 fully saturated rings. The summed E-state index contributed by atoms with van der Waals surface area (Å²) < 4.78 is 10.4. The molecule has 0 bridgehead atoms. The summed E-state index contributed by atoms with van der Waals surface area (Å²) >= 11 is 0. The van der Waals surface area contributed by atoms with Gasteiger partial charge in [-0.1, -0.05) is 0 Å². The van der Waals surface area contributed by atoms with Crippen molar-refractivity contribution < 1.29 is 14.6 Å². The second kappa shape index (κ2) is 6.73. The third kappa shape index (κ3) is 3.62. The molecule has 0 saturated heterocycles. The van der Waals surface area contributed by atoms with E-state index in [-0.39, 0.29) is 5.75 Å². The lowest BCUT2D eigenvalue weighted by molar-refractivity contribution is 0.394. The van der Waals surface area contributed by atoms with Gasteiger partial charge in [-0.3, -0.25) is 5.01 Å².